The molecule has 8 nitrogen and oxygen atoms in total. The van der Waals surface area contributed by atoms with Crippen LogP contribution in [-0.2, 0) is 24.4 Å². The van der Waals surface area contributed by atoms with Crippen LogP contribution in [0.4, 0.5) is 15.3 Å². The zero-order valence-electron chi connectivity index (χ0n) is 16.1. The molecule has 0 bridgehead atoms. The summed E-state index contributed by atoms with van der Waals surface area (Å²) in [5.74, 6) is 0. The highest BCUT2D eigenvalue weighted by Crippen LogP contribution is 2.10. The molecule has 3 rings (SSSR count). The molecule has 1 heterocycles. The molecule has 0 aliphatic carbocycles. The molecule has 0 fully saturated rings. The lowest BCUT2D eigenvalue weighted by Crippen LogP contribution is -2.34. The Labute approximate surface area is 168 Å². The summed E-state index contributed by atoms with van der Waals surface area (Å²) in [4.78, 5) is 23.2. The summed E-state index contributed by atoms with van der Waals surface area (Å²) in [5.41, 5.74) is 3.67. The predicted octanol–water partition coefficient (Wildman–Crippen LogP) is 3.11. The molecule has 0 spiro atoms. The first-order valence-corrected chi connectivity index (χ1v) is 9.13. The monoisotopic (exact) mass is 393 g/mol. The molecule has 3 aromatic rings. The highest BCUT2D eigenvalue weighted by molar-refractivity contribution is 5.84. The molecule has 0 aliphatic rings. The van der Waals surface area contributed by atoms with Crippen molar-refractivity contribution in [3.05, 3.63) is 83.7 Å². The number of benzene rings is 2. The summed E-state index contributed by atoms with van der Waals surface area (Å²) < 4.78 is 6.39. The first-order valence-electron chi connectivity index (χ1n) is 9.13. The summed E-state index contributed by atoms with van der Waals surface area (Å²) in [5, 5.41) is 12.4. The normalized spacial score (nSPS) is 10.2. The number of hydrogen-bond acceptors (Lipinski definition) is 4. The van der Waals surface area contributed by atoms with Gasteiger partial charge in [-0.2, -0.15) is 5.10 Å². The van der Waals surface area contributed by atoms with E-state index in [9.17, 15) is 9.59 Å². The predicted molar refractivity (Wildman–Crippen MR) is 109 cm³/mol. The van der Waals surface area contributed by atoms with Crippen LogP contribution in [0.25, 0.3) is 0 Å². The van der Waals surface area contributed by atoms with Crippen molar-refractivity contribution in [3.8, 4) is 0 Å². The van der Waals surface area contributed by atoms with Gasteiger partial charge in [0.2, 0.25) is 0 Å². The summed E-state index contributed by atoms with van der Waals surface area (Å²) in [7, 11) is 1.31. The number of amides is 3. The number of hydrogen-bond donors (Lipinski definition) is 3. The number of nitrogens with one attached hydrogen (secondary N) is 3. The van der Waals surface area contributed by atoms with E-state index in [1.54, 1.807) is 18.3 Å². The van der Waals surface area contributed by atoms with E-state index in [1.165, 1.54) is 7.11 Å². The largest absolute Gasteiger partial charge is 0.453 e. The van der Waals surface area contributed by atoms with Gasteiger partial charge in [0.05, 0.1) is 13.7 Å². The molecule has 2 aromatic carbocycles. The molecule has 0 aliphatic heterocycles. The fraction of sp³-hybridized carbons (Fsp3) is 0.190. The van der Waals surface area contributed by atoms with Crippen LogP contribution in [0.1, 0.15) is 16.7 Å². The first-order chi connectivity index (χ1) is 14.1. The lowest BCUT2D eigenvalue weighted by molar-refractivity contribution is 0.187. The van der Waals surface area contributed by atoms with Crippen molar-refractivity contribution in [1.82, 2.24) is 20.4 Å². The molecular formula is C21H23N5O3. The molecule has 0 radical (unpaired) electrons. The number of rotatable bonds is 7. The van der Waals surface area contributed by atoms with Gasteiger partial charge >= 0.3 is 12.1 Å². The average molecular weight is 393 g/mol. The van der Waals surface area contributed by atoms with Crippen LogP contribution in [0.5, 0.6) is 0 Å². The average Bonchev–Trinajstić information content (AvgIpc) is 3.25. The van der Waals surface area contributed by atoms with E-state index in [-0.39, 0.29) is 6.03 Å². The van der Waals surface area contributed by atoms with Crippen molar-refractivity contribution in [3.63, 3.8) is 0 Å². The highest BCUT2D eigenvalue weighted by atomic mass is 16.5. The van der Waals surface area contributed by atoms with Gasteiger partial charge in [-0.05, 0) is 34.9 Å². The quantitative estimate of drug-likeness (QED) is 0.575. The molecule has 0 atom stereocenters. The standard InChI is InChI=1S/C21H23N5O3/c1-29-21(28)25-19-8-6-16(7-9-19)13-22-20(27)23-14-17-4-2-5-18(12-17)15-26-11-3-10-24-26/h2-12H,13-15H2,1H3,(H,25,28)(H2,22,23,27). The zero-order valence-corrected chi connectivity index (χ0v) is 16.1. The highest BCUT2D eigenvalue weighted by Gasteiger charge is 2.04. The summed E-state index contributed by atoms with van der Waals surface area (Å²) in [6.07, 6.45) is 3.14. The Morgan fingerprint density at radius 1 is 0.966 bits per heavy atom. The Balaban J connectivity index is 1.43. The third-order valence-corrected chi connectivity index (χ3v) is 4.19. The number of nitrogens with zero attached hydrogens (tertiary/aromatic N) is 2. The molecule has 1 aromatic heterocycles. The Bertz CT molecular complexity index is 939. The molecule has 0 unspecified atom stereocenters. The van der Waals surface area contributed by atoms with Crippen molar-refractivity contribution in [2.24, 2.45) is 0 Å². The second kappa shape index (κ2) is 9.93. The van der Waals surface area contributed by atoms with Gasteiger partial charge in [-0.1, -0.05) is 36.4 Å². The van der Waals surface area contributed by atoms with Crippen LogP contribution in [-0.4, -0.2) is 29.0 Å². The SMILES string of the molecule is COC(=O)Nc1ccc(CNC(=O)NCc2cccc(Cn3cccn3)c2)cc1. The summed E-state index contributed by atoms with van der Waals surface area (Å²) in [6, 6.07) is 16.8. The fourth-order valence-corrected chi connectivity index (χ4v) is 2.72. The number of carbonyl (C=O) groups is 2. The van der Waals surface area contributed by atoms with Crippen LogP contribution >= 0.6 is 0 Å². The number of methoxy groups -OCH3 is 1. The maximum atomic E-state index is 12.1. The van der Waals surface area contributed by atoms with Crippen LogP contribution in [0.2, 0.25) is 0 Å². The minimum Gasteiger partial charge on any atom is -0.453 e. The molecule has 3 N–H and O–H groups in total. The van der Waals surface area contributed by atoms with Gasteiger partial charge in [0, 0.05) is 31.2 Å². The number of aromatic nitrogens is 2. The molecular weight excluding hydrogens is 370 g/mol. The van der Waals surface area contributed by atoms with Gasteiger partial charge in [-0.25, -0.2) is 9.59 Å². The van der Waals surface area contributed by atoms with E-state index in [4.69, 9.17) is 0 Å². The Kier molecular flexibility index (Phi) is 6.83. The van der Waals surface area contributed by atoms with Crippen LogP contribution in [0, 0.1) is 0 Å². The lowest BCUT2D eigenvalue weighted by atomic mass is 10.1. The third kappa shape index (κ3) is 6.39. The van der Waals surface area contributed by atoms with Crippen LogP contribution < -0.4 is 16.0 Å². The lowest BCUT2D eigenvalue weighted by Gasteiger charge is -2.10. The molecule has 3 amide bonds. The van der Waals surface area contributed by atoms with Crippen LogP contribution in [0.15, 0.2) is 67.0 Å². The molecule has 8 heteroatoms. The van der Waals surface area contributed by atoms with Crippen LogP contribution in [0.3, 0.4) is 0 Å². The summed E-state index contributed by atoms with van der Waals surface area (Å²) >= 11 is 0. The minimum absolute atomic E-state index is 0.251. The second-order valence-electron chi connectivity index (χ2n) is 6.37. The minimum atomic E-state index is -0.524. The Morgan fingerprint density at radius 3 is 2.38 bits per heavy atom. The van der Waals surface area contributed by atoms with E-state index in [2.05, 4.69) is 31.9 Å². The van der Waals surface area contributed by atoms with Crippen molar-refractivity contribution < 1.29 is 14.3 Å². The van der Waals surface area contributed by atoms with Crippen molar-refractivity contribution >= 4 is 17.8 Å². The van der Waals surface area contributed by atoms with E-state index >= 15 is 0 Å². The maximum Gasteiger partial charge on any atom is 0.411 e. The number of anilines is 1. The van der Waals surface area contributed by atoms with Gasteiger partial charge in [0.1, 0.15) is 0 Å². The number of urea groups is 1. The molecule has 0 saturated carbocycles. The Hall–Kier alpha value is -3.81. The smallest absolute Gasteiger partial charge is 0.411 e. The topological polar surface area (TPSA) is 97.3 Å². The van der Waals surface area contributed by atoms with E-state index < -0.39 is 6.09 Å². The second-order valence-corrected chi connectivity index (χ2v) is 6.37. The number of carbonyl (C=O) groups excluding carboxylic acids is 2. The van der Waals surface area contributed by atoms with Gasteiger partial charge in [-0.15, -0.1) is 0 Å². The van der Waals surface area contributed by atoms with Crippen molar-refractivity contribution in [1.29, 1.82) is 0 Å². The number of ether oxygens (including phenoxy) is 1. The van der Waals surface area contributed by atoms with Crippen molar-refractivity contribution in [2.75, 3.05) is 12.4 Å². The van der Waals surface area contributed by atoms with Gasteiger partial charge in [0.15, 0.2) is 0 Å². The fourth-order valence-electron chi connectivity index (χ4n) is 2.72. The van der Waals surface area contributed by atoms with Gasteiger partial charge in [0.25, 0.3) is 0 Å². The first kappa shape index (κ1) is 19.9. The summed E-state index contributed by atoms with van der Waals surface area (Å²) in [6.45, 7) is 1.50. The molecule has 150 valence electrons. The van der Waals surface area contributed by atoms with Gasteiger partial charge in [-0.3, -0.25) is 10.00 Å². The van der Waals surface area contributed by atoms with E-state index in [0.29, 0.717) is 25.3 Å². The Morgan fingerprint density at radius 2 is 1.69 bits per heavy atom. The van der Waals surface area contributed by atoms with E-state index in [1.807, 2.05) is 47.3 Å². The zero-order chi connectivity index (χ0) is 20.5. The van der Waals surface area contributed by atoms with Gasteiger partial charge < -0.3 is 15.4 Å². The maximum absolute atomic E-state index is 12.1. The molecule has 29 heavy (non-hydrogen) atoms. The van der Waals surface area contributed by atoms with Crippen molar-refractivity contribution in [2.45, 2.75) is 19.6 Å². The van der Waals surface area contributed by atoms with E-state index in [0.717, 1.165) is 16.7 Å². The molecule has 0 saturated heterocycles. The third-order valence-electron chi connectivity index (χ3n) is 4.19.